The molecule has 0 saturated carbocycles. The summed E-state index contributed by atoms with van der Waals surface area (Å²) >= 11 is 0. The topological polar surface area (TPSA) is 29.1 Å². The fourth-order valence-electron chi connectivity index (χ4n) is 1.75. The van der Waals surface area contributed by atoms with E-state index in [4.69, 9.17) is 0 Å². The number of benzene rings is 1. The van der Waals surface area contributed by atoms with Crippen molar-refractivity contribution < 1.29 is 4.79 Å². The van der Waals surface area contributed by atoms with E-state index < -0.39 is 0 Å². The lowest BCUT2D eigenvalue weighted by Crippen LogP contribution is -2.24. The van der Waals surface area contributed by atoms with Gasteiger partial charge in [0.25, 0.3) is 5.91 Å². The van der Waals surface area contributed by atoms with Crippen molar-refractivity contribution in [3.05, 3.63) is 35.9 Å². The van der Waals surface area contributed by atoms with E-state index in [0.29, 0.717) is 0 Å². The lowest BCUT2D eigenvalue weighted by atomic mass is 10.1. The van der Waals surface area contributed by atoms with E-state index >= 15 is 0 Å². The maximum atomic E-state index is 11.7. The van der Waals surface area contributed by atoms with Gasteiger partial charge in [0, 0.05) is 12.1 Å². The molecule has 0 bridgehead atoms. The number of unbranched alkanes of at least 4 members (excludes halogenated alkanes) is 5. The molecule has 0 unspecified atom stereocenters. The van der Waals surface area contributed by atoms with Crippen molar-refractivity contribution in [1.29, 1.82) is 0 Å². The number of carbonyl (C=O) groups excluding carboxylic acids is 1. The van der Waals surface area contributed by atoms with E-state index in [1.165, 1.54) is 32.1 Å². The minimum atomic E-state index is 0.0209. The summed E-state index contributed by atoms with van der Waals surface area (Å²) in [6, 6.07) is 10.0. The molecule has 17 heavy (non-hydrogen) atoms. The summed E-state index contributed by atoms with van der Waals surface area (Å²) in [5.41, 5.74) is 0.717. The molecule has 0 aliphatic heterocycles. The Morgan fingerprint density at radius 3 is 2.47 bits per heavy atom. The number of carbonyl (C=O) groups is 1. The first kappa shape index (κ1) is 13.8. The molecule has 1 aromatic rings. The summed E-state index contributed by atoms with van der Waals surface area (Å²) in [5.74, 6) is 0.0209. The molecule has 0 spiro atoms. The van der Waals surface area contributed by atoms with Crippen LogP contribution < -0.4 is 5.32 Å². The first-order valence-corrected chi connectivity index (χ1v) is 6.59. The Bertz CT molecular complexity index is 308. The van der Waals surface area contributed by atoms with Crippen molar-refractivity contribution in [3.63, 3.8) is 0 Å². The minimum absolute atomic E-state index is 0.0209. The summed E-state index contributed by atoms with van der Waals surface area (Å²) in [4.78, 5) is 11.7. The van der Waals surface area contributed by atoms with Gasteiger partial charge in [-0.05, 0) is 24.6 Å². The number of rotatable bonds is 8. The summed E-state index contributed by atoms with van der Waals surface area (Å²) < 4.78 is 0. The van der Waals surface area contributed by atoms with Crippen molar-refractivity contribution in [2.45, 2.75) is 45.4 Å². The largest absolute Gasteiger partial charge is 0.352 e. The molecule has 1 radical (unpaired) electrons. The molecule has 2 nitrogen and oxygen atoms in total. The molecule has 0 aromatic heterocycles. The van der Waals surface area contributed by atoms with Crippen LogP contribution in [0.5, 0.6) is 0 Å². The van der Waals surface area contributed by atoms with E-state index in [-0.39, 0.29) is 5.91 Å². The molecular weight excluding hydrogens is 210 g/mol. The van der Waals surface area contributed by atoms with E-state index in [9.17, 15) is 4.79 Å². The number of hydrogen-bond donors (Lipinski definition) is 1. The Morgan fingerprint density at radius 1 is 1.12 bits per heavy atom. The minimum Gasteiger partial charge on any atom is -0.352 e. The lowest BCUT2D eigenvalue weighted by molar-refractivity contribution is 0.0953. The Hall–Kier alpha value is -1.31. The van der Waals surface area contributed by atoms with E-state index in [1.54, 1.807) is 24.3 Å². The standard InChI is InChI=1S/C15H22NO/c1-2-3-4-5-6-10-13-16-15(17)14-11-8-7-9-12-14/h8-9,11-12H,2-6,10,13H2,1H3,(H,16,17). The van der Waals surface area contributed by atoms with Gasteiger partial charge in [0.1, 0.15) is 0 Å². The van der Waals surface area contributed by atoms with Gasteiger partial charge in [-0.1, -0.05) is 51.2 Å². The fraction of sp³-hybridized carbons (Fsp3) is 0.533. The van der Waals surface area contributed by atoms with Gasteiger partial charge in [-0.25, -0.2) is 0 Å². The van der Waals surface area contributed by atoms with E-state index in [2.05, 4.69) is 18.3 Å². The highest BCUT2D eigenvalue weighted by Crippen LogP contribution is 2.04. The fourth-order valence-corrected chi connectivity index (χ4v) is 1.75. The Balaban J connectivity index is 2.05. The van der Waals surface area contributed by atoms with Crippen LogP contribution >= 0.6 is 0 Å². The van der Waals surface area contributed by atoms with Crippen molar-refractivity contribution in [3.8, 4) is 0 Å². The second-order valence-corrected chi connectivity index (χ2v) is 4.31. The van der Waals surface area contributed by atoms with Crippen LogP contribution in [0.15, 0.2) is 24.3 Å². The molecule has 0 aliphatic rings. The van der Waals surface area contributed by atoms with Gasteiger partial charge in [-0.15, -0.1) is 0 Å². The van der Waals surface area contributed by atoms with Crippen molar-refractivity contribution >= 4 is 5.91 Å². The third-order valence-corrected chi connectivity index (χ3v) is 2.80. The average molecular weight is 232 g/mol. The van der Waals surface area contributed by atoms with Gasteiger partial charge >= 0.3 is 0 Å². The predicted molar refractivity (Wildman–Crippen MR) is 71.0 cm³/mol. The third-order valence-electron chi connectivity index (χ3n) is 2.80. The van der Waals surface area contributed by atoms with Crippen molar-refractivity contribution in [1.82, 2.24) is 5.32 Å². The van der Waals surface area contributed by atoms with Crippen LogP contribution in [0.1, 0.15) is 55.8 Å². The lowest BCUT2D eigenvalue weighted by Gasteiger charge is -2.04. The first-order valence-electron chi connectivity index (χ1n) is 6.59. The molecular formula is C15H22NO. The molecule has 0 fully saturated rings. The maximum absolute atomic E-state index is 11.7. The Kier molecular flexibility index (Phi) is 7.12. The number of nitrogens with one attached hydrogen (secondary N) is 1. The highest BCUT2D eigenvalue weighted by Gasteiger charge is 2.02. The smallest absolute Gasteiger partial charge is 0.251 e. The molecule has 0 heterocycles. The normalized spacial score (nSPS) is 10.2. The molecule has 2 heteroatoms. The molecule has 93 valence electrons. The Labute approximate surface area is 104 Å². The van der Waals surface area contributed by atoms with Crippen molar-refractivity contribution in [2.75, 3.05) is 6.54 Å². The zero-order valence-electron chi connectivity index (χ0n) is 10.7. The zero-order valence-corrected chi connectivity index (χ0v) is 10.7. The molecule has 1 N–H and O–H groups in total. The molecule has 1 amide bonds. The summed E-state index contributed by atoms with van der Waals surface area (Å²) in [6.07, 6.45) is 7.49. The average Bonchev–Trinajstić information content (AvgIpc) is 2.38. The summed E-state index contributed by atoms with van der Waals surface area (Å²) in [6.45, 7) is 3.00. The number of hydrogen-bond acceptors (Lipinski definition) is 1. The van der Waals surface area contributed by atoms with Crippen LogP contribution in [0.2, 0.25) is 0 Å². The van der Waals surface area contributed by atoms with Gasteiger partial charge in [0.2, 0.25) is 0 Å². The summed E-state index contributed by atoms with van der Waals surface area (Å²) in [5, 5.41) is 2.94. The monoisotopic (exact) mass is 232 g/mol. The van der Waals surface area contributed by atoms with Gasteiger partial charge in [-0.3, -0.25) is 4.79 Å². The highest BCUT2D eigenvalue weighted by molar-refractivity contribution is 5.94. The molecule has 0 saturated heterocycles. The van der Waals surface area contributed by atoms with Gasteiger partial charge in [0.15, 0.2) is 0 Å². The highest BCUT2D eigenvalue weighted by atomic mass is 16.1. The van der Waals surface area contributed by atoms with Gasteiger partial charge < -0.3 is 5.32 Å². The van der Waals surface area contributed by atoms with Crippen LogP contribution in [-0.4, -0.2) is 12.5 Å². The van der Waals surface area contributed by atoms with Crippen LogP contribution in [0.3, 0.4) is 0 Å². The van der Waals surface area contributed by atoms with Crippen molar-refractivity contribution in [2.24, 2.45) is 0 Å². The van der Waals surface area contributed by atoms with Crippen LogP contribution in [0, 0.1) is 6.07 Å². The molecule has 1 rings (SSSR count). The second kappa shape index (κ2) is 8.80. The van der Waals surface area contributed by atoms with Gasteiger partial charge in [0.05, 0.1) is 0 Å². The Morgan fingerprint density at radius 2 is 1.76 bits per heavy atom. The quantitative estimate of drug-likeness (QED) is 0.682. The molecule has 1 aromatic carbocycles. The van der Waals surface area contributed by atoms with E-state index in [0.717, 1.165) is 18.5 Å². The van der Waals surface area contributed by atoms with Crippen LogP contribution in [0.25, 0.3) is 0 Å². The van der Waals surface area contributed by atoms with Crippen LogP contribution in [-0.2, 0) is 0 Å². The number of amides is 1. The SMILES string of the molecule is CCCCCCCCNC(=O)c1cc[c]cc1. The maximum Gasteiger partial charge on any atom is 0.251 e. The second-order valence-electron chi connectivity index (χ2n) is 4.31. The molecule has 0 atom stereocenters. The van der Waals surface area contributed by atoms with E-state index in [1.807, 2.05) is 0 Å². The summed E-state index contributed by atoms with van der Waals surface area (Å²) in [7, 11) is 0. The van der Waals surface area contributed by atoms with Gasteiger partial charge in [-0.2, -0.15) is 0 Å². The first-order chi connectivity index (χ1) is 8.34. The predicted octanol–water partition coefficient (Wildman–Crippen LogP) is 3.58. The van der Waals surface area contributed by atoms with Crippen LogP contribution in [0.4, 0.5) is 0 Å². The molecule has 0 aliphatic carbocycles. The zero-order chi connectivity index (χ0) is 12.3. The third kappa shape index (κ3) is 6.10.